The first-order valence-electron chi connectivity index (χ1n) is 14.7. The molecule has 0 unspecified atom stereocenters. The molecule has 0 aromatic heterocycles. The minimum atomic E-state index is -0.506. The van der Waals surface area contributed by atoms with E-state index in [1.54, 1.807) is 24.3 Å². The zero-order valence-corrected chi connectivity index (χ0v) is 25.5. The summed E-state index contributed by atoms with van der Waals surface area (Å²) in [6.07, 6.45) is 6.08. The van der Waals surface area contributed by atoms with Crippen LogP contribution in [-0.2, 0) is 34.8 Å². The molecule has 2 aliphatic heterocycles. The number of ether oxygens (including phenoxy) is 7. The Morgan fingerprint density at radius 3 is 2.14 bits per heavy atom. The lowest BCUT2D eigenvalue weighted by atomic mass is 9.89. The topological polar surface area (TPSA) is 64.6 Å². The van der Waals surface area contributed by atoms with E-state index in [1.807, 2.05) is 24.3 Å². The van der Waals surface area contributed by atoms with Crippen molar-refractivity contribution >= 4 is 11.6 Å². The molecule has 8 heteroatoms. The summed E-state index contributed by atoms with van der Waals surface area (Å²) in [5.41, 5.74) is 2.99. The van der Waals surface area contributed by atoms with Crippen molar-refractivity contribution in [2.24, 2.45) is 0 Å². The average molecular weight is 611 g/mol. The zero-order chi connectivity index (χ0) is 30.4. The van der Waals surface area contributed by atoms with Crippen LogP contribution < -0.4 is 4.74 Å². The van der Waals surface area contributed by atoms with Crippen molar-refractivity contribution in [3.63, 3.8) is 0 Å². The van der Waals surface area contributed by atoms with Crippen molar-refractivity contribution in [3.8, 4) is 5.75 Å². The van der Waals surface area contributed by atoms with E-state index in [1.165, 1.54) is 0 Å². The number of hydrogen-bond donors (Lipinski definition) is 0. The minimum absolute atomic E-state index is 0.107. The molecule has 2 saturated heterocycles. The van der Waals surface area contributed by atoms with Crippen LogP contribution >= 0.6 is 11.6 Å². The molecule has 2 aliphatic rings. The highest BCUT2D eigenvalue weighted by atomic mass is 35.5. The summed E-state index contributed by atoms with van der Waals surface area (Å²) in [7, 11) is 0. The number of hydrogen-bond acceptors (Lipinski definition) is 7. The summed E-state index contributed by atoms with van der Waals surface area (Å²) < 4.78 is 42.8. The van der Waals surface area contributed by atoms with E-state index in [-0.39, 0.29) is 12.7 Å². The van der Waals surface area contributed by atoms with Crippen LogP contribution in [0.15, 0.2) is 93.1 Å². The molecule has 6 atom stereocenters. The number of rotatable bonds is 18. The van der Waals surface area contributed by atoms with Crippen molar-refractivity contribution in [1.82, 2.24) is 0 Å². The van der Waals surface area contributed by atoms with E-state index in [2.05, 4.69) is 44.5 Å². The molecule has 2 aromatic carbocycles. The van der Waals surface area contributed by atoms with Gasteiger partial charge >= 0.3 is 0 Å². The standard InChI is InChI=1S/C35H43ClO7/c1-5-16-37-24-31-33(39-17-6-2)35(41-19-8-4)34(40-18-7-3)32(43-31)26-11-14-30(36)27(22-26)21-25-9-12-28(13-10-25)42-29-15-20-38-23-29/h5-14,22,29,31-35H,1-4,15-21,23-24H2/t29-,31+,32-,33-,34-,35-/m0/s1. The Hall–Kier alpha value is -2.75. The smallest absolute Gasteiger partial charge is 0.124 e. The quantitative estimate of drug-likeness (QED) is 0.142. The van der Waals surface area contributed by atoms with Crippen LogP contribution in [0.2, 0.25) is 5.02 Å². The zero-order valence-electron chi connectivity index (χ0n) is 24.7. The van der Waals surface area contributed by atoms with Gasteiger partial charge in [0.05, 0.1) is 46.2 Å². The predicted octanol–water partition coefficient (Wildman–Crippen LogP) is 6.45. The van der Waals surface area contributed by atoms with Gasteiger partial charge in [-0.1, -0.05) is 60.2 Å². The molecule has 0 aliphatic carbocycles. The van der Waals surface area contributed by atoms with Gasteiger partial charge in [0.2, 0.25) is 0 Å². The van der Waals surface area contributed by atoms with Gasteiger partial charge in [-0.05, 0) is 41.3 Å². The minimum Gasteiger partial charge on any atom is -0.488 e. The molecule has 0 saturated carbocycles. The Labute approximate surface area is 260 Å². The summed E-state index contributed by atoms with van der Waals surface area (Å²) in [5.74, 6) is 0.834. The van der Waals surface area contributed by atoms with E-state index < -0.39 is 30.5 Å². The van der Waals surface area contributed by atoms with Gasteiger partial charge in [0.1, 0.15) is 42.4 Å². The molecule has 43 heavy (non-hydrogen) atoms. The normalized spacial score (nSPS) is 25.2. The third kappa shape index (κ3) is 9.37. The second kappa shape index (κ2) is 17.5. The monoisotopic (exact) mass is 610 g/mol. The Kier molecular flexibility index (Phi) is 13.5. The lowest BCUT2D eigenvalue weighted by molar-refractivity contribution is -0.262. The Morgan fingerprint density at radius 1 is 0.814 bits per heavy atom. The third-order valence-corrected chi connectivity index (χ3v) is 7.65. The second-order valence-electron chi connectivity index (χ2n) is 10.5. The predicted molar refractivity (Wildman–Crippen MR) is 169 cm³/mol. The largest absolute Gasteiger partial charge is 0.488 e. The lowest BCUT2D eigenvalue weighted by Crippen LogP contribution is -2.58. The second-order valence-corrected chi connectivity index (χ2v) is 10.9. The van der Waals surface area contributed by atoms with Crippen molar-refractivity contribution in [1.29, 1.82) is 0 Å². The summed E-state index contributed by atoms with van der Waals surface area (Å²) in [6.45, 7) is 18.2. The van der Waals surface area contributed by atoms with E-state index in [9.17, 15) is 0 Å². The van der Waals surface area contributed by atoms with Crippen molar-refractivity contribution in [2.45, 2.75) is 49.5 Å². The average Bonchev–Trinajstić information content (AvgIpc) is 3.53. The fourth-order valence-electron chi connectivity index (χ4n) is 5.31. The van der Waals surface area contributed by atoms with Crippen LogP contribution in [0.25, 0.3) is 0 Å². The first-order chi connectivity index (χ1) is 21.1. The van der Waals surface area contributed by atoms with Gasteiger partial charge in [0.15, 0.2) is 0 Å². The molecule has 232 valence electrons. The fraction of sp³-hybridized carbons (Fsp3) is 0.429. The molecule has 2 fully saturated rings. The van der Waals surface area contributed by atoms with Crippen LogP contribution in [0.4, 0.5) is 0 Å². The maximum Gasteiger partial charge on any atom is 0.124 e. The SMILES string of the molecule is C=CCOC[C@H]1O[C@@H](c2ccc(Cl)c(Cc3ccc(O[C@H]4CCOC4)cc3)c2)[C@H](OCC=C)[C@@H](OCC=C)[C@H]1OCC=C. The highest BCUT2D eigenvalue weighted by molar-refractivity contribution is 6.31. The van der Waals surface area contributed by atoms with Crippen molar-refractivity contribution in [2.75, 3.05) is 46.2 Å². The molecule has 0 radical (unpaired) electrons. The van der Waals surface area contributed by atoms with Crippen LogP contribution in [0, 0.1) is 0 Å². The van der Waals surface area contributed by atoms with Gasteiger partial charge in [-0.2, -0.15) is 0 Å². The summed E-state index contributed by atoms with van der Waals surface area (Å²) in [4.78, 5) is 0. The van der Waals surface area contributed by atoms with Crippen molar-refractivity contribution < 1.29 is 33.2 Å². The van der Waals surface area contributed by atoms with Gasteiger partial charge < -0.3 is 33.2 Å². The summed E-state index contributed by atoms with van der Waals surface area (Å²) in [5, 5.41) is 0.670. The first-order valence-corrected chi connectivity index (χ1v) is 15.1. The molecule has 2 heterocycles. The molecular formula is C35H43ClO7. The van der Waals surface area contributed by atoms with Gasteiger partial charge in [0.25, 0.3) is 0 Å². The molecule has 0 bridgehead atoms. The number of benzene rings is 2. The summed E-state index contributed by atoms with van der Waals surface area (Å²) >= 11 is 6.72. The molecule has 0 spiro atoms. The van der Waals surface area contributed by atoms with Crippen LogP contribution in [-0.4, -0.2) is 76.8 Å². The summed E-state index contributed by atoms with van der Waals surface area (Å²) in [6, 6.07) is 14.1. The van der Waals surface area contributed by atoms with Gasteiger partial charge in [-0.3, -0.25) is 0 Å². The molecule has 0 N–H and O–H groups in total. The maximum atomic E-state index is 6.72. The molecule has 2 aromatic rings. The van der Waals surface area contributed by atoms with Gasteiger partial charge in [0, 0.05) is 11.4 Å². The van der Waals surface area contributed by atoms with E-state index in [4.69, 9.17) is 44.8 Å². The highest BCUT2D eigenvalue weighted by Crippen LogP contribution is 2.39. The Bertz CT molecular complexity index is 1180. The highest BCUT2D eigenvalue weighted by Gasteiger charge is 2.48. The Balaban J connectivity index is 1.61. The lowest BCUT2D eigenvalue weighted by Gasteiger charge is -2.46. The van der Waals surface area contributed by atoms with Gasteiger partial charge in [-0.15, -0.1) is 26.3 Å². The van der Waals surface area contributed by atoms with Crippen LogP contribution in [0.3, 0.4) is 0 Å². The van der Waals surface area contributed by atoms with E-state index in [0.717, 1.165) is 35.5 Å². The van der Waals surface area contributed by atoms with Crippen LogP contribution in [0.5, 0.6) is 5.75 Å². The fourth-order valence-corrected chi connectivity index (χ4v) is 5.49. The number of halogens is 1. The first kappa shape index (κ1) is 33.1. The van der Waals surface area contributed by atoms with E-state index in [0.29, 0.717) is 44.5 Å². The van der Waals surface area contributed by atoms with E-state index >= 15 is 0 Å². The third-order valence-electron chi connectivity index (χ3n) is 7.28. The molecule has 4 rings (SSSR count). The molecule has 7 nitrogen and oxygen atoms in total. The van der Waals surface area contributed by atoms with Gasteiger partial charge in [-0.25, -0.2) is 0 Å². The Morgan fingerprint density at radius 2 is 1.49 bits per heavy atom. The molecular weight excluding hydrogens is 568 g/mol. The van der Waals surface area contributed by atoms with Crippen LogP contribution in [0.1, 0.15) is 29.2 Å². The molecule has 0 amide bonds. The van der Waals surface area contributed by atoms with Crippen molar-refractivity contribution in [3.05, 3.63) is 115 Å². The maximum absolute atomic E-state index is 6.72.